The Balaban J connectivity index is 2.31. The van der Waals surface area contributed by atoms with Crippen LogP contribution in [-0.2, 0) is 4.79 Å². The van der Waals surface area contributed by atoms with E-state index in [9.17, 15) is 4.79 Å². The zero-order valence-corrected chi connectivity index (χ0v) is 12.4. The first-order chi connectivity index (χ1) is 9.56. The van der Waals surface area contributed by atoms with Crippen molar-refractivity contribution in [2.75, 3.05) is 0 Å². The van der Waals surface area contributed by atoms with Crippen LogP contribution >= 0.6 is 27.5 Å². The summed E-state index contributed by atoms with van der Waals surface area (Å²) in [5.74, 6) is -0.311. The monoisotopic (exact) mass is 353 g/mol. The molecule has 0 fully saturated rings. The standard InChI is InChI=1S/C14H9BrClNO3/c15-10-4-5-12(11(16)8-10)20-14-9(2-1-7-17-14)3-6-13(18)19/h1-8H,(H,18,19)/b6-3+. The van der Waals surface area contributed by atoms with Crippen molar-refractivity contribution >= 4 is 39.6 Å². The molecule has 0 aliphatic heterocycles. The fourth-order valence-corrected chi connectivity index (χ4v) is 2.15. The molecule has 1 N–H and O–H groups in total. The second-order valence-corrected chi connectivity index (χ2v) is 5.07. The van der Waals surface area contributed by atoms with Crippen molar-refractivity contribution in [2.45, 2.75) is 0 Å². The molecule has 0 bridgehead atoms. The minimum absolute atomic E-state index is 0.286. The molecule has 0 amide bonds. The Labute approximate surface area is 128 Å². The highest BCUT2D eigenvalue weighted by Gasteiger charge is 2.07. The zero-order chi connectivity index (χ0) is 14.5. The number of carbonyl (C=O) groups is 1. The molecule has 0 aliphatic rings. The molecule has 0 radical (unpaired) electrons. The SMILES string of the molecule is O=C(O)/C=C/c1cccnc1Oc1ccc(Br)cc1Cl. The van der Waals surface area contributed by atoms with Crippen LogP contribution in [0.2, 0.25) is 5.02 Å². The van der Waals surface area contributed by atoms with Crippen LogP contribution in [0.3, 0.4) is 0 Å². The van der Waals surface area contributed by atoms with Crippen molar-refractivity contribution in [1.82, 2.24) is 4.98 Å². The zero-order valence-electron chi connectivity index (χ0n) is 10.1. The number of hydrogen-bond acceptors (Lipinski definition) is 3. The quantitative estimate of drug-likeness (QED) is 0.827. The summed E-state index contributed by atoms with van der Waals surface area (Å²) in [6.45, 7) is 0. The fourth-order valence-electron chi connectivity index (χ4n) is 1.44. The molecule has 0 saturated carbocycles. The Kier molecular flexibility index (Phi) is 4.76. The van der Waals surface area contributed by atoms with Crippen LogP contribution in [0.4, 0.5) is 0 Å². The predicted molar refractivity (Wildman–Crippen MR) is 80.1 cm³/mol. The maximum Gasteiger partial charge on any atom is 0.328 e. The topological polar surface area (TPSA) is 59.4 Å². The highest BCUT2D eigenvalue weighted by molar-refractivity contribution is 9.10. The molecule has 102 valence electrons. The summed E-state index contributed by atoms with van der Waals surface area (Å²) in [5, 5.41) is 9.08. The maximum absolute atomic E-state index is 10.6. The van der Waals surface area contributed by atoms with E-state index in [1.165, 1.54) is 6.08 Å². The highest BCUT2D eigenvalue weighted by atomic mass is 79.9. The van der Waals surface area contributed by atoms with Crippen LogP contribution in [0.1, 0.15) is 5.56 Å². The van der Waals surface area contributed by atoms with Crippen LogP contribution in [-0.4, -0.2) is 16.1 Å². The normalized spacial score (nSPS) is 10.7. The van der Waals surface area contributed by atoms with Crippen molar-refractivity contribution in [1.29, 1.82) is 0 Å². The van der Waals surface area contributed by atoms with Gasteiger partial charge in [0.2, 0.25) is 5.88 Å². The molecule has 4 nitrogen and oxygen atoms in total. The van der Waals surface area contributed by atoms with Crippen molar-refractivity contribution in [3.63, 3.8) is 0 Å². The summed E-state index contributed by atoms with van der Waals surface area (Å²) in [5.41, 5.74) is 0.550. The Bertz CT molecular complexity index is 673. The van der Waals surface area contributed by atoms with E-state index in [0.717, 1.165) is 10.5 Å². The summed E-state index contributed by atoms with van der Waals surface area (Å²) in [7, 11) is 0. The van der Waals surface area contributed by atoms with Gasteiger partial charge in [-0.15, -0.1) is 0 Å². The lowest BCUT2D eigenvalue weighted by atomic mass is 10.2. The Hall–Kier alpha value is -1.85. The van der Waals surface area contributed by atoms with E-state index < -0.39 is 5.97 Å². The lowest BCUT2D eigenvalue weighted by Crippen LogP contribution is -1.92. The van der Waals surface area contributed by atoms with Gasteiger partial charge in [0.1, 0.15) is 5.75 Å². The molecule has 2 aromatic rings. The minimum Gasteiger partial charge on any atom is -0.478 e. The van der Waals surface area contributed by atoms with Gasteiger partial charge in [0.15, 0.2) is 0 Å². The van der Waals surface area contributed by atoms with Gasteiger partial charge in [0, 0.05) is 22.3 Å². The molecular weight excluding hydrogens is 346 g/mol. The molecule has 1 aromatic heterocycles. The molecule has 0 spiro atoms. The molecule has 0 unspecified atom stereocenters. The van der Waals surface area contributed by atoms with Gasteiger partial charge in [-0.25, -0.2) is 9.78 Å². The average Bonchev–Trinajstić information content (AvgIpc) is 2.41. The number of aliphatic carboxylic acids is 1. The number of benzene rings is 1. The van der Waals surface area contributed by atoms with Gasteiger partial charge in [0.05, 0.1) is 5.02 Å². The van der Waals surface area contributed by atoms with Gasteiger partial charge in [-0.2, -0.15) is 0 Å². The Morgan fingerprint density at radius 1 is 1.40 bits per heavy atom. The number of hydrogen-bond donors (Lipinski definition) is 1. The third-order valence-corrected chi connectivity index (χ3v) is 3.10. The number of carboxylic acids is 1. The van der Waals surface area contributed by atoms with Crippen molar-refractivity contribution in [2.24, 2.45) is 0 Å². The smallest absolute Gasteiger partial charge is 0.328 e. The molecule has 0 atom stereocenters. The maximum atomic E-state index is 10.6. The summed E-state index contributed by atoms with van der Waals surface area (Å²) >= 11 is 9.37. The molecular formula is C14H9BrClNO3. The molecule has 0 aliphatic carbocycles. The molecule has 1 heterocycles. The van der Waals surface area contributed by atoms with Gasteiger partial charge < -0.3 is 9.84 Å². The summed E-state index contributed by atoms with van der Waals surface area (Å²) in [4.78, 5) is 14.6. The number of halogens is 2. The molecule has 0 saturated heterocycles. The number of rotatable bonds is 4. The third-order valence-electron chi connectivity index (χ3n) is 2.31. The van der Waals surface area contributed by atoms with E-state index in [0.29, 0.717) is 16.3 Å². The van der Waals surface area contributed by atoms with Crippen LogP contribution in [0.5, 0.6) is 11.6 Å². The second kappa shape index (κ2) is 6.54. The number of nitrogens with zero attached hydrogens (tertiary/aromatic N) is 1. The van der Waals surface area contributed by atoms with Gasteiger partial charge in [-0.3, -0.25) is 0 Å². The van der Waals surface area contributed by atoms with Crippen LogP contribution in [0.25, 0.3) is 6.08 Å². The molecule has 1 aromatic carbocycles. The first-order valence-corrected chi connectivity index (χ1v) is 6.72. The second-order valence-electron chi connectivity index (χ2n) is 3.75. The molecule has 6 heteroatoms. The average molecular weight is 355 g/mol. The summed E-state index contributed by atoms with van der Waals surface area (Å²) < 4.78 is 6.45. The van der Waals surface area contributed by atoms with E-state index in [2.05, 4.69) is 20.9 Å². The van der Waals surface area contributed by atoms with Crippen molar-refractivity contribution in [3.05, 3.63) is 57.7 Å². The first kappa shape index (κ1) is 14.6. The Morgan fingerprint density at radius 3 is 2.90 bits per heavy atom. The van der Waals surface area contributed by atoms with E-state index in [1.54, 1.807) is 36.5 Å². The third kappa shape index (κ3) is 3.82. The highest BCUT2D eigenvalue weighted by Crippen LogP contribution is 2.32. The van der Waals surface area contributed by atoms with Crippen molar-refractivity contribution in [3.8, 4) is 11.6 Å². The van der Waals surface area contributed by atoms with Gasteiger partial charge in [-0.1, -0.05) is 27.5 Å². The summed E-state index contributed by atoms with van der Waals surface area (Å²) in [6, 6.07) is 8.58. The van der Waals surface area contributed by atoms with E-state index in [1.807, 2.05) is 0 Å². The molecule has 2 rings (SSSR count). The predicted octanol–water partition coefficient (Wildman–Crippen LogP) is 4.39. The number of ether oxygens (including phenoxy) is 1. The van der Waals surface area contributed by atoms with Crippen LogP contribution in [0, 0.1) is 0 Å². The van der Waals surface area contributed by atoms with Gasteiger partial charge in [0.25, 0.3) is 0 Å². The first-order valence-electron chi connectivity index (χ1n) is 5.55. The lowest BCUT2D eigenvalue weighted by molar-refractivity contribution is -0.131. The molecule has 20 heavy (non-hydrogen) atoms. The van der Waals surface area contributed by atoms with E-state index in [-0.39, 0.29) is 5.88 Å². The van der Waals surface area contributed by atoms with Crippen LogP contribution in [0.15, 0.2) is 47.1 Å². The van der Waals surface area contributed by atoms with E-state index >= 15 is 0 Å². The number of carboxylic acid groups (broad SMARTS) is 1. The minimum atomic E-state index is -1.04. The van der Waals surface area contributed by atoms with Crippen LogP contribution < -0.4 is 4.74 Å². The Morgan fingerprint density at radius 2 is 2.20 bits per heavy atom. The van der Waals surface area contributed by atoms with E-state index in [4.69, 9.17) is 21.4 Å². The van der Waals surface area contributed by atoms with Gasteiger partial charge >= 0.3 is 5.97 Å². The van der Waals surface area contributed by atoms with Gasteiger partial charge in [-0.05, 0) is 36.4 Å². The largest absolute Gasteiger partial charge is 0.478 e. The number of pyridine rings is 1. The number of aromatic nitrogens is 1. The van der Waals surface area contributed by atoms with Crippen molar-refractivity contribution < 1.29 is 14.6 Å². The summed E-state index contributed by atoms with van der Waals surface area (Å²) in [6.07, 6.45) is 3.99. The fraction of sp³-hybridized carbons (Fsp3) is 0. The lowest BCUT2D eigenvalue weighted by Gasteiger charge is -2.09.